The maximum atomic E-state index is 10.1. The van der Waals surface area contributed by atoms with Crippen LogP contribution in [-0.2, 0) is 0 Å². The Labute approximate surface area is 103 Å². The topological polar surface area (TPSA) is 49.5 Å². The Kier molecular flexibility index (Phi) is 3.57. The van der Waals surface area contributed by atoms with Crippen molar-refractivity contribution in [2.45, 2.75) is 44.8 Å². The molecule has 1 saturated carbocycles. The molecule has 1 aliphatic rings. The first-order valence-corrected chi connectivity index (χ1v) is 6.36. The lowest BCUT2D eigenvalue weighted by Crippen LogP contribution is -2.43. The highest BCUT2D eigenvalue weighted by Gasteiger charge is 2.27. The summed E-state index contributed by atoms with van der Waals surface area (Å²) >= 11 is 0. The number of aryl methyl sites for hydroxylation is 1. The number of likely N-dealkylation sites (N-methyl/N-ethyl adjacent to an activating group) is 1. The summed E-state index contributed by atoms with van der Waals surface area (Å²) in [7, 11) is 2.03. The monoisotopic (exact) mass is 234 g/mol. The number of benzene rings is 1. The van der Waals surface area contributed by atoms with Crippen LogP contribution in [0, 0.1) is 6.92 Å². The Morgan fingerprint density at radius 2 is 2.00 bits per heavy atom. The van der Waals surface area contributed by atoms with E-state index in [1.165, 1.54) is 12.0 Å². The number of hydrogen-bond acceptors (Lipinski definition) is 3. The van der Waals surface area contributed by atoms with Crippen LogP contribution in [0.3, 0.4) is 0 Å². The second-order valence-corrected chi connectivity index (χ2v) is 5.09. The lowest BCUT2D eigenvalue weighted by atomic mass is 9.91. The largest absolute Gasteiger partial charge is 0.397 e. The van der Waals surface area contributed by atoms with Crippen LogP contribution in [0.1, 0.15) is 31.2 Å². The van der Waals surface area contributed by atoms with Crippen LogP contribution in [0.4, 0.5) is 11.4 Å². The molecule has 0 saturated heterocycles. The Morgan fingerprint density at radius 1 is 1.29 bits per heavy atom. The van der Waals surface area contributed by atoms with Crippen LogP contribution in [0.5, 0.6) is 0 Å². The minimum absolute atomic E-state index is 0.202. The fourth-order valence-electron chi connectivity index (χ4n) is 2.68. The molecule has 94 valence electrons. The lowest BCUT2D eigenvalue weighted by molar-refractivity contribution is 0.106. The molecular weight excluding hydrogens is 212 g/mol. The second-order valence-electron chi connectivity index (χ2n) is 5.09. The molecule has 0 spiro atoms. The van der Waals surface area contributed by atoms with Crippen LogP contribution in [0.2, 0.25) is 0 Å². The maximum absolute atomic E-state index is 10.1. The SMILES string of the molecule is Cc1ccc(N)c(N(C)C2CCCCC2O)c1. The zero-order valence-corrected chi connectivity index (χ0v) is 10.7. The van der Waals surface area contributed by atoms with Gasteiger partial charge in [0.2, 0.25) is 0 Å². The molecule has 0 radical (unpaired) electrons. The van der Waals surface area contributed by atoms with Gasteiger partial charge in [-0.1, -0.05) is 18.9 Å². The molecule has 3 N–H and O–H groups in total. The third-order valence-corrected chi connectivity index (χ3v) is 3.76. The number of nitrogens with zero attached hydrogens (tertiary/aromatic N) is 1. The van der Waals surface area contributed by atoms with Gasteiger partial charge in [0.1, 0.15) is 0 Å². The summed E-state index contributed by atoms with van der Waals surface area (Å²) in [4.78, 5) is 2.14. The zero-order valence-electron chi connectivity index (χ0n) is 10.7. The number of anilines is 2. The summed E-state index contributed by atoms with van der Waals surface area (Å²) < 4.78 is 0. The van der Waals surface area contributed by atoms with E-state index < -0.39 is 0 Å². The average Bonchev–Trinajstić information content (AvgIpc) is 2.32. The van der Waals surface area contributed by atoms with Crippen molar-refractivity contribution in [2.75, 3.05) is 17.7 Å². The molecule has 3 heteroatoms. The lowest BCUT2D eigenvalue weighted by Gasteiger charge is -2.37. The van der Waals surface area contributed by atoms with Crippen molar-refractivity contribution in [2.24, 2.45) is 0 Å². The smallest absolute Gasteiger partial charge is 0.0743 e. The molecule has 2 unspecified atom stereocenters. The van der Waals surface area contributed by atoms with Crippen molar-refractivity contribution in [3.8, 4) is 0 Å². The molecule has 1 fully saturated rings. The number of aliphatic hydroxyl groups is 1. The van der Waals surface area contributed by atoms with Crippen molar-refractivity contribution >= 4 is 11.4 Å². The number of nitrogens with two attached hydrogens (primary N) is 1. The third kappa shape index (κ3) is 2.55. The summed E-state index contributed by atoms with van der Waals surface area (Å²) in [5, 5.41) is 10.1. The molecule has 0 aliphatic heterocycles. The Morgan fingerprint density at radius 3 is 2.71 bits per heavy atom. The van der Waals surface area contributed by atoms with E-state index in [-0.39, 0.29) is 12.1 Å². The van der Waals surface area contributed by atoms with Gasteiger partial charge >= 0.3 is 0 Å². The van der Waals surface area contributed by atoms with Crippen LogP contribution in [0.25, 0.3) is 0 Å². The van der Waals surface area contributed by atoms with E-state index in [0.29, 0.717) is 0 Å². The first-order valence-electron chi connectivity index (χ1n) is 6.36. The minimum Gasteiger partial charge on any atom is -0.397 e. The summed E-state index contributed by atoms with van der Waals surface area (Å²) in [6, 6.07) is 6.25. The van der Waals surface area contributed by atoms with Crippen molar-refractivity contribution in [1.82, 2.24) is 0 Å². The summed E-state index contributed by atoms with van der Waals surface area (Å²) in [6.07, 6.45) is 4.05. The third-order valence-electron chi connectivity index (χ3n) is 3.76. The minimum atomic E-state index is -0.228. The van der Waals surface area contributed by atoms with Gasteiger partial charge in [-0.2, -0.15) is 0 Å². The number of hydrogen-bond donors (Lipinski definition) is 2. The van der Waals surface area contributed by atoms with E-state index in [9.17, 15) is 5.11 Å². The predicted octanol–water partition coefficient (Wildman–Crippen LogP) is 2.32. The van der Waals surface area contributed by atoms with Gasteiger partial charge in [0.05, 0.1) is 23.5 Å². The van der Waals surface area contributed by atoms with Gasteiger partial charge in [-0.3, -0.25) is 0 Å². The van der Waals surface area contributed by atoms with Crippen molar-refractivity contribution in [3.63, 3.8) is 0 Å². The first kappa shape index (κ1) is 12.2. The maximum Gasteiger partial charge on any atom is 0.0743 e. The summed E-state index contributed by atoms with van der Waals surface area (Å²) in [5.41, 5.74) is 9.05. The molecule has 1 aliphatic carbocycles. The standard InChI is InChI=1S/C14H22N2O/c1-10-7-8-11(15)13(9-10)16(2)12-5-3-4-6-14(12)17/h7-9,12,14,17H,3-6,15H2,1-2H3. The van der Waals surface area contributed by atoms with Crippen LogP contribution >= 0.6 is 0 Å². The molecule has 1 aromatic carbocycles. The molecular formula is C14H22N2O. The average molecular weight is 234 g/mol. The second kappa shape index (κ2) is 4.96. The van der Waals surface area contributed by atoms with E-state index in [1.54, 1.807) is 0 Å². The van der Waals surface area contributed by atoms with Gasteiger partial charge in [0.15, 0.2) is 0 Å². The summed E-state index contributed by atoms with van der Waals surface area (Å²) in [5.74, 6) is 0. The highest BCUT2D eigenvalue weighted by atomic mass is 16.3. The predicted molar refractivity (Wildman–Crippen MR) is 72.3 cm³/mol. The molecule has 3 nitrogen and oxygen atoms in total. The highest BCUT2D eigenvalue weighted by molar-refractivity contribution is 5.68. The van der Waals surface area contributed by atoms with Crippen LogP contribution in [0.15, 0.2) is 18.2 Å². The van der Waals surface area contributed by atoms with E-state index in [1.807, 2.05) is 19.2 Å². The van der Waals surface area contributed by atoms with Crippen LogP contribution in [-0.4, -0.2) is 24.3 Å². The first-order chi connectivity index (χ1) is 8.09. The number of nitrogen functional groups attached to an aromatic ring is 1. The van der Waals surface area contributed by atoms with E-state index in [4.69, 9.17) is 5.73 Å². The van der Waals surface area contributed by atoms with Crippen LogP contribution < -0.4 is 10.6 Å². The molecule has 17 heavy (non-hydrogen) atoms. The molecule has 0 amide bonds. The molecule has 2 rings (SSSR count). The molecule has 0 heterocycles. The van der Waals surface area contributed by atoms with Gasteiger partial charge in [0.25, 0.3) is 0 Å². The van der Waals surface area contributed by atoms with Crippen molar-refractivity contribution in [3.05, 3.63) is 23.8 Å². The molecule has 2 atom stereocenters. The molecule has 1 aromatic rings. The van der Waals surface area contributed by atoms with Gasteiger partial charge in [-0.05, 0) is 37.5 Å². The van der Waals surface area contributed by atoms with E-state index in [0.717, 1.165) is 30.6 Å². The molecule has 0 aromatic heterocycles. The van der Waals surface area contributed by atoms with Gasteiger partial charge in [-0.25, -0.2) is 0 Å². The van der Waals surface area contributed by atoms with Gasteiger partial charge < -0.3 is 15.7 Å². The van der Waals surface area contributed by atoms with E-state index in [2.05, 4.69) is 17.9 Å². The zero-order chi connectivity index (χ0) is 12.4. The van der Waals surface area contributed by atoms with Crippen molar-refractivity contribution in [1.29, 1.82) is 0 Å². The fourth-order valence-corrected chi connectivity index (χ4v) is 2.68. The number of rotatable bonds is 2. The van der Waals surface area contributed by atoms with Crippen molar-refractivity contribution < 1.29 is 5.11 Å². The highest BCUT2D eigenvalue weighted by Crippen LogP contribution is 2.30. The fraction of sp³-hybridized carbons (Fsp3) is 0.571. The Balaban J connectivity index is 2.23. The van der Waals surface area contributed by atoms with E-state index >= 15 is 0 Å². The Hall–Kier alpha value is -1.22. The number of aliphatic hydroxyl groups excluding tert-OH is 1. The van der Waals surface area contributed by atoms with Gasteiger partial charge in [-0.15, -0.1) is 0 Å². The normalized spacial score (nSPS) is 24.6. The quantitative estimate of drug-likeness (QED) is 0.772. The Bertz CT molecular complexity index is 392. The molecule has 0 bridgehead atoms. The summed E-state index contributed by atoms with van der Waals surface area (Å²) in [6.45, 7) is 2.06. The van der Waals surface area contributed by atoms with Gasteiger partial charge in [0, 0.05) is 7.05 Å².